The van der Waals surface area contributed by atoms with E-state index >= 15 is 0 Å². The van der Waals surface area contributed by atoms with E-state index in [9.17, 15) is 32.7 Å². The molecule has 2 fully saturated rings. The normalized spacial score (nSPS) is 19.1. The Kier molecular flexibility index (Phi) is 10.2. The van der Waals surface area contributed by atoms with Gasteiger partial charge in [0.1, 0.15) is 22.3 Å². The van der Waals surface area contributed by atoms with E-state index in [1.54, 1.807) is 53.8 Å². The average molecular weight is 706 g/mol. The Balaban J connectivity index is 1.44. The second-order valence-corrected chi connectivity index (χ2v) is 14.5. The third kappa shape index (κ3) is 9.32. The number of β-amino-alcohol motifs (C(OH)–C–C–N with tert-alkyl or cyclic N) is 1. The summed E-state index contributed by atoms with van der Waals surface area (Å²) in [5.41, 5.74) is -0.538. The fourth-order valence-electron chi connectivity index (χ4n) is 5.79. The number of aliphatic hydroxyl groups is 1. The predicted octanol–water partition coefficient (Wildman–Crippen LogP) is 5.28. The van der Waals surface area contributed by atoms with E-state index in [1.165, 1.54) is 23.4 Å². The van der Waals surface area contributed by atoms with Crippen LogP contribution in [0.3, 0.4) is 0 Å². The van der Waals surface area contributed by atoms with Crippen molar-refractivity contribution in [3.8, 4) is 0 Å². The number of hydrogen-bond donors (Lipinski definition) is 4. The number of halogens is 3. The van der Waals surface area contributed by atoms with E-state index in [1.807, 2.05) is 4.90 Å². The van der Waals surface area contributed by atoms with Crippen LogP contribution >= 0.6 is 0 Å². The Morgan fingerprint density at radius 1 is 0.980 bits per heavy atom. The molecule has 50 heavy (non-hydrogen) atoms. The van der Waals surface area contributed by atoms with Crippen LogP contribution in [0.1, 0.15) is 63.9 Å². The minimum atomic E-state index is -4.57. The summed E-state index contributed by atoms with van der Waals surface area (Å²) < 4.78 is 58.9. The monoisotopic (exact) mass is 705 g/mol. The second-order valence-electron chi connectivity index (χ2n) is 14.5. The number of aliphatic hydroxyl groups excluding tert-OH is 1. The summed E-state index contributed by atoms with van der Waals surface area (Å²) in [5, 5.41) is 17.4. The summed E-state index contributed by atoms with van der Waals surface area (Å²) in [7, 11) is 0. The highest BCUT2D eigenvalue weighted by Crippen LogP contribution is 2.38. The average Bonchev–Trinajstić information content (AvgIpc) is 3.30. The van der Waals surface area contributed by atoms with Gasteiger partial charge in [-0.1, -0.05) is 0 Å². The van der Waals surface area contributed by atoms with Crippen LogP contribution < -0.4 is 20.9 Å². The number of nitrogens with zero attached hydrogens (tertiary/aromatic N) is 4. The van der Waals surface area contributed by atoms with Crippen molar-refractivity contribution >= 4 is 46.5 Å². The number of furan rings is 1. The van der Waals surface area contributed by atoms with E-state index in [2.05, 4.69) is 25.9 Å². The first-order valence-electron chi connectivity index (χ1n) is 16.1. The van der Waals surface area contributed by atoms with E-state index in [0.29, 0.717) is 19.6 Å². The van der Waals surface area contributed by atoms with Gasteiger partial charge in [0.25, 0.3) is 5.91 Å². The number of carbonyl (C=O) groups excluding carboxylic acids is 3. The zero-order valence-electron chi connectivity index (χ0n) is 28.7. The summed E-state index contributed by atoms with van der Waals surface area (Å²) in [4.78, 5) is 51.2. The molecule has 14 nitrogen and oxygen atoms in total. The van der Waals surface area contributed by atoms with Gasteiger partial charge in [0.2, 0.25) is 5.88 Å². The number of hydrogen-bond acceptors (Lipinski definition) is 11. The minimum Gasteiger partial charge on any atom is -0.444 e. The van der Waals surface area contributed by atoms with Crippen molar-refractivity contribution in [2.45, 2.75) is 84.0 Å². The molecule has 3 aromatic heterocycles. The topological polar surface area (TPSA) is 171 Å². The molecule has 0 saturated carbocycles. The number of carbonyl (C=O) groups is 3. The van der Waals surface area contributed by atoms with Gasteiger partial charge >= 0.3 is 18.4 Å². The molecule has 2 aliphatic rings. The zero-order valence-corrected chi connectivity index (χ0v) is 28.7. The molecule has 3 amide bonds. The number of likely N-dealkylation sites (tertiary alicyclic amines) is 1. The number of ether oxygens (including phenoxy) is 2. The molecule has 0 radical (unpaired) electrons. The van der Waals surface area contributed by atoms with Crippen LogP contribution in [0.5, 0.6) is 0 Å². The van der Waals surface area contributed by atoms with E-state index in [-0.39, 0.29) is 46.9 Å². The molecule has 0 spiro atoms. The van der Waals surface area contributed by atoms with E-state index < -0.39 is 60.1 Å². The molecule has 2 atom stereocenters. The number of alkyl carbamates (subject to hydrolysis) is 1. The molecule has 5 rings (SSSR count). The lowest BCUT2D eigenvalue weighted by atomic mass is 9.93. The molecular formula is C33H42F3N7O7. The summed E-state index contributed by atoms with van der Waals surface area (Å²) in [6.07, 6.45) is -2.85. The summed E-state index contributed by atoms with van der Waals surface area (Å²) in [6, 6.07) is 2.20. The Hall–Kier alpha value is -4.64. The van der Waals surface area contributed by atoms with Crippen molar-refractivity contribution in [3.05, 3.63) is 41.9 Å². The van der Waals surface area contributed by atoms with Gasteiger partial charge in [-0.25, -0.2) is 9.59 Å². The van der Waals surface area contributed by atoms with Crippen LogP contribution in [0.25, 0.3) is 11.1 Å². The maximum atomic E-state index is 14.1. The Morgan fingerprint density at radius 3 is 2.30 bits per heavy atom. The van der Waals surface area contributed by atoms with Crippen LogP contribution in [0.4, 0.5) is 40.0 Å². The largest absolute Gasteiger partial charge is 0.444 e. The van der Waals surface area contributed by atoms with Crippen molar-refractivity contribution in [2.75, 3.05) is 41.7 Å². The maximum absolute atomic E-state index is 14.1. The molecule has 0 aromatic carbocycles. The van der Waals surface area contributed by atoms with Crippen LogP contribution in [-0.4, -0.2) is 93.8 Å². The van der Waals surface area contributed by atoms with Gasteiger partial charge in [0, 0.05) is 45.1 Å². The van der Waals surface area contributed by atoms with E-state index in [4.69, 9.17) is 13.9 Å². The van der Waals surface area contributed by atoms with Gasteiger partial charge in [-0.05, 0) is 65.7 Å². The van der Waals surface area contributed by atoms with Crippen LogP contribution in [0, 0.1) is 5.92 Å². The fraction of sp³-hybridized carbons (Fsp3) is 0.545. The van der Waals surface area contributed by atoms with Crippen LogP contribution in [0.15, 0.2) is 35.1 Å². The lowest BCUT2D eigenvalue weighted by Crippen LogP contribution is -2.54. The highest BCUT2D eigenvalue weighted by atomic mass is 19.4. The highest BCUT2D eigenvalue weighted by Gasteiger charge is 2.45. The second kappa shape index (κ2) is 13.9. The number of pyridine rings is 2. The van der Waals surface area contributed by atoms with Gasteiger partial charge in [-0.3, -0.25) is 25.0 Å². The number of aromatic nitrogens is 2. The molecule has 2 aliphatic heterocycles. The third-order valence-corrected chi connectivity index (χ3v) is 7.79. The molecule has 3 aromatic rings. The Bertz CT molecular complexity index is 1730. The first-order valence-corrected chi connectivity index (χ1v) is 16.1. The lowest BCUT2D eigenvalue weighted by Gasteiger charge is -2.40. The van der Waals surface area contributed by atoms with Gasteiger partial charge in [0.05, 0.1) is 35.6 Å². The number of nitrogens with one attached hydrogen (secondary N) is 3. The lowest BCUT2D eigenvalue weighted by molar-refractivity contribution is -0.177. The van der Waals surface area contributed by atoms with Crippen molar-refractivity contribution in [1.82, 2.24) is 20.2 Å². The third-order valence-electron chi connectivity index (χ3n) is 7.79. The Morgan fingerprint density at radius 2 is 1.66 bits per heavy atom. The molecule has 0 bridgehead atoms. The quantitative estimate of drug-likeness (QED) is 0.252. The number of anilines is 3. The minimum absolute atomic E-state index is 0.0167. The standard InChI is InChI=1S/C33H42F3N7O7/c1-31(2,3)49-29(46)39-20-10-19(33(34,35)36)14-43(15-20)23-7-8-37-12-22(23)40-27(45)25-26-24(48-28(25)41-30(47)50-32(4,5)6)9-18(11-38-26)13-42-16-21(44)17-42/h7-9,11-12,19-21,44H,10,13-17H2,1-6H3,(H,39,46)(H,40,45)(H,41,47)/t19-,20?/m1/s1. The van der Waals surface area contributed by atoms with Gasteiger partial charge in [-0.15, -0.1) is 0 Å². The van der Waals surface area contributed by atoms with Crippen molar-refractivity contribution in [2.24, 2.45) is 5.92 Å². The summed E-state index contributed by atoms with van der Waals surface area (Å²) >= 11 is 0. The SMILES string of the molecule is CC(C)(C)OC(=O)Nc1oc2cc(CN3CC(O)C3)cnc2c1C(=O)Nc1cnccc1N1CC(NC(=O)OC(C)(C)C)C[C@@H](C(F)(F)F)C1. The molecule has 4 N–H and O–H groups in total. The number of fused-ring (bicyclic) bond motifs is 1. The maximum Gasteiger partial charge on any atom is 0.414 e. The fourth-order valence-corrected chi connectivity index (χ4v) is 5.79. The predicted molar refractivity (Wildman–Crippen MR) is 177 cm³/mol. The van der Waals surface area contributed by atoms with Gasteiger partial charge in [-0.2, -0.15) is 13.2 Å². The molecule has 17 heteroatoms. The van der Waals surface area contributed by atoms with Crippen molar-refractivity contribution in [1.29, 1.82) is 0 Å². The summed E-state index contributed by atoms with van der Waals surface area (Å²) in [6.45, 7) is 11.0. The molecule has 272 valence electrons. The van der Waals surface area contributed by atoms with Crippen LogP contribution in [-0.2, 0) is 16.0 Å². The number of piperidine rings is 1. The van der Waals surface area contributed by atoms with Crippen molar-refractivity contribution < 1.29 is 46.6 Å². The van der Waals surface area contributed by atoms with Gasteiger partial charge in [0.15, 0.2) is 5.58 Å². The first-order chi connectivity index (χ1) is 23.2. The van der Waals surface area contributed by atoms with Crippen LogP contribution in [0.2, 0.25) is 0 Å². The Labute approximate surface area is 286 Å². The molecule has 2 saturated heterocycles. The first kappa shape index (κ1) is 36.6. The highest BCUT2D eigenvalue weighted by molar-refractivity contribution is 6.16. The molecule has 1 unspecified atom stereocenters. The van der Waals surface area contributed by atoms with Crippen molar-refractivity contribution in [3.63, 3.8) is 0 Å². The zero-order chi connectivity index (χ0) is 36.6. The number of amides is 3. The number of alkyl halides is 3. The van der Waals surface area contributed by atoms with Gasteiger partial charge < -0.3 is 34.5 Å². The molecule has 5 heterocycles. The molecule has 0 aliphatic carbocycles. The summed E-state index contributed by atoms with van der Waals surface area (Å²) in [5.74, 6) is -2.84. The smallest absolute Gasteiger partial charge is 0.414 e. The number of rotatable bonds is 7. The molecular weight excluding hydrogens is 663 g/mol. The van der Waals surface area contributed by atoms with E-state index in [0.717, 1.165) is 5.56 Å².